The maximum atomic E-state index is 13.0. The molecule has 37 heavy (non-hydrogen) atoms. The van der Waals surface area contributed by atoms with Crippen LogP contribution in [0.1, 0.15) is 58.7 Å². The van der Waals surface area contributed by atoms with E-state index in [1.54, 1.807) is 25.1 Å². The minimum atomic E-state index is -0.529. The van der Waals surface area contributed by atoms with Crippen LogP contribution in [0.25, 0.3) is 11.3 Å². The Morgan fingerprint density at radius 2 is 2.00 bits per heavy atom. The maximum absolute atomic E-state index is 13.0. The minimum Gasteiger partial charge on any atom is -0.461 e. The molecule has 0 saturated carbocycles. The summed E-state index contributed by atoms with van der Waals surface area (Å²) in [4.78, 5) is 24.7. The number of carbonyl (C=O) groups excluding carboxylic acids is 1. The van der Waals surface area contributed by atoms with Crippen molar-refractivity contribution in [1.29, 1.82) is 5.26 Å². The lowest BCUT2D eigenvalue weighted by atomic mass is 9.73. The van der Waals surface area contributed by atoms with Crippen LogP contribution in [0, 0.1) is 23.7 Å². The lowest BCUT2D eigenvalue weighted by molar-refractivity contribution is 0.0519. The number of hydrogen-bond donors (Lipinski definition) is 1. The van der Waals surface area contributed by atoms with Gasteiger partial charge in [0.25, 0.3) is 0 Å². The number of fused-ring (bicyclic) bond motifs is 1. The highest BCUT2D eigenvalue weighted by Gasteiger charge is 2.46. The van der Waals surface area contributed by atoms with Crippen molar-refractivity contribution < 1.29 is 9.53 Å². The molecule has 1 aliphatic carbocycles. The highest BCUT2D eigenvalue weighted by Crippen LogP contribution is 2.51. The molecule has 1 saturated heterocycles. The van der Waals surface area contributed by atoms with E-state index in [9.17, 15) is 10.1 Å². The molecule has 1 atom stereocenters. The number of aryl methyl sites for hydroxylation is 1. The fourth-order valence-corrected chi connectivity index (χ4v) is 5.98. The van der Waals surface area contributed by atoms with Gasteiger partial charge in [-0.05, 0) is 67.9 Å². The summed E-state index contributed by atoms with van der Waals surface area (Å²) in [5.74, 6) is -0.0257. The van der Waals surface area contributed by atoms with Gasteiger partial charge in [0, 0.05) is 24.7 Å². The van der Waals surface area contributed by atoms with E-state index in [0.29, 0.717) is 51.5 Å². The number of nitriles is 1. The Morgan fingerprint density at radius 3 is 2.70 bits per heavy atom. The molecule has 2 aliphatic rings. The number of rotatable bonds is 4. The molecule has 3 aromatic rings. The van der Waals surface area contributed by atoms with E-state index >= 15 is 0 Å². The largest absolute Gasteiger partial charge is 0.461 e. The highest BCUT2D eigenvalue weighted by molar-refractivity contribution is 6.43. The average molecular weight is 536 g/mol. The van der Waals surface area contributed by atoms with Crippen LogP contribution < -0.4 is 10.6 Å². The molecule has 1 aromatic heterocycles. The van der Waals surface area contributed by atoms with Crippen molar-refractivity contribution in [3.63, 3.8) is 0 Å². The fraction of sp³-hybridized carbons (Fsp3) is 0.357. The molecule has 0 bridgehead atoms. The van der Waals surface area contributed by atoms with Crippen LogP contribution in [0.5, 0.6) is 0 Å². The number of ether oxygens (including phenoxy) is 1. The zero-order chi connectivity index (χ0) is 26.3. The number of anilines is 1. The second kappa shape index (κ2) is 9.94. The van der Waals surface area contributed by atoms with Crippen molar-refractivity contribution >= 4 is 35.0 Å². The maximum Gasteiger partial charge on any atom is 0.360 e. The summed E-state index contributed by atoms with van der Waals surface area (Å²) in [5.41, 5.74) is 11.5. The number of aromatic nitrogens is 2. The molecule has 2 aromatic carbocycles. The smallest absolute Gasteiger partial charge is 0.360 e. The molecule has 7 nitrogen and oxygen atoms in total. The van der Waals surface area contributed by atoms with E-state index in [2.05, 4.69) is 11.0 Å². The summed E-state index contributed by atoms with van der Waals surface area (Å²) in [6, 6.07) is 13.2. The monoisotopic (exact) mass is 535 g/mol. The number of carbonyl (C=O) groups is 1. The lowest BCUT2D eigenvalue weighted by Gasteiger charge is -2.42. The second-order valence-corrected chi connectivity index (χ2v) is 10.5. The molecular formula is C28H27Cl2N5O2. The summed E-state index contributed by atoms with van der Waals surface area (Å²) in [5, 5.41) is 10.1. The molecule has 9 heteroatoms. The zero-order valence-electron chi connectivity index (χ0n) is 20.7. The third kappa shape index (κ3) is 4.44. The Morgan fingerprint density at radius 1 is 1.24 bits per heavy atom. The van der Waals surface area contributed by atoms with Crippen molar-refractivity contribution in [2.24, 2.45) is 11.1 Å². The van der Waals surface area contributed by atoms with Crippen molar-refractivity contribution in [3.8, 4) is 17.3 Å². The van der Waals surface area contributed by atoms with E-state index in [4.69, 9.17) is 43.6 Å². The van der Waals surface area contributed by atoms with Crippen molar-refractivity contribution in [1.82, 2.24) is 9.97 Å². The van der Waals surface area contributed by atoms with Gasteiger partial charge in [-0.1, -0.05) is 41.4 Å². The molecule has 0 amide bonds. The Kier molecular flexibility index (Phi) is 6.84. The first-order valence-electron chi connectivity index (χ1n) is 12.3. The van der Waals surface area contributed by atoms with Gasteiger partial charge in [0.2, 0.25) is 0 Å². The fourth-order valence-electron chi connectivity index (χ4n) is 5.59. The number of piperidine rings is 1. The summed E-state index contributed by atoms with van der Waals surface area (Å²) in [7, 11) is 0. The number of hydrogen-bond acceptors (Lipinski definition) is 7. The Balaban J connectivity index is 1.46. The van der Waals surface area contributed by atoms with Crippen LogP contribution in [-0.2, 0) is 11.2 Å². The van der Waals surface area contributed by atoms with Crippen molar-refractivity contribution in [2.45, 2.75) is 39.2 Å². The predicted molar refractivity (Wildman–Crippen MR) is 144 cm³/mol. The minimum absolute atomic E-state index is 0.0896. The Bertz CT molecular complexity index is 1430. The standard InChI is InChI=1S/C28H27Cl2N5O2/c1-3-37-27(36)24-26(33-16(2)23(34-24)19-5-4-6-21(29)22(19)30)35-11-9-28(10-12-35)14-18-8-7-17(15-31)13-20(18)25(28)32/h4-8,13,25H,3,9-12,14,32H2,1-2H3/t25-/m1/s1. The van der Waals surface area contributed by atoms with Crippen molar-refractivity contribution in [3.05, 3.63) is 74.5 Å². The third-order valence-corrected chi connectivity index (χ3v) is 8.42. The number of nitrogens with zero attached hydrogens (tertiary/aromatic N) is 4. The summed E-state index contributed by atoms with van der Waals surface area (Å²) >= 11 is 12.7. The third-order valence-electron chi connectivity index (χ3n) is 7.60. The van der Waals surface area contributed by atoms with E-state index < -0.39 is 5.97 Å². The van der Waals surface area contributed by atoms with Crippen LogP contribution in [0.15, 0.2) is 36.4 Å². The van der Waals surface area contributed by atoms with Gasteiger partial charge in [0.15, 0.2) is 11.5 Å². The topological polar surface area (TPSA) is 105 Å². The zero-order valence-corrected chi connectivity index (χ0v) is 22.2. The Hall–Kier alpha value is -3.18. The van der Waals surface area contributed by atoms with E-state index in [1.165, 1.54) is 5.56 Å². The number of halogens is 2. The van der Waals surface area contributed by atoms with Crippen LogP contribution in [0.2, 0.25) is 10.0 Å². The average Bonchev–Trinajstić information content (AvgIpc) is 3.16. The van der Waals surface area contributed by atoms with Gasteiger partial charge in [0.1, 0.15) is 0 Å². The summed E-state index contributed by atoms with van der Waals surface area (Å²) < 4.78 is 5.35. The molecule has 0 radical (unpaired) electrons. The quantitative estimate of drug-likeness (QED) is 0.430. The molecule has 0 unspecified atom stereocenters. The first-order valence-corrected chi connectivity index (χ1v) is 13.1. The predicted octanol–water partition coefficient (Wildman–Crippen LogP) is 5.65. The normalized spacial score (nSPS) is 17.9. The molecule has 2 heterocycles. The molecule has 1 fully saturated rings. The number of benzene rings is 2. The van der Waals surface area contributed by atoms with Gasteiger partial charge in [-0.15, -0.1) is 0 Å². The van der Waals surface area contributed by atoms with Gasteiger partial charge < -0.3 is 15.4 Å². The van der Waals surface area contributed by atoms with Gasteiger partial charge in [-0.25, -0.2) is 14.8 Å². The SMILES string of the molecule is CCOC(=O)c1nc(-c2cccc(Cl)c2Cl)c(C)nc1N1CCC2(CC1)Cc1ccc(C#N)cc1[C@H]2N. The van der Waals surface area contributed by atoms with Crippen molar-refractivity contribution in [2.75, 3.05) is 24.6 Å². The first kappa shape index (κ1) is 25.5. The molecule has 2 N–H and O–H groups in total. The van der Waals surface area contributed by atoms with Crippen LogP contribution in [-0.4, -0.2) is 35.6 Å². The van der Waals surface area contributed by atoms with Gasteiger partial charge >= 0.3 is 5.97 Å². The van der Waals surface area contributed by atoms with Crippen LogP contribution >= 0.6 is 23.2 Å². The molecule has 190 valence electrons. The van der Waals surface area contributed by atoms with E-state index in [-0.39, 0.29) is 23.8 Å². The first-order chi connectivity index (χ1) is 17.8. The van der Waals surface area contributed by atoms with Crippen LogP contribution in [0.4, 0.5) is 5.82 Å². The van der Waals surface area contributed by atoms with E-state index in [1.807, 2.05) is 25.1 Å². The number of nitrogens with two attached hydrogens (primary N) is 1. The molecule has 1 spiro atoms. The molecule has 1 aliphatic heterocycles. The molecule has 5 rings (SSSR count). The van der Waals surface area contributed by atoms with Gasteiger partial charge in [-0.3, -0.25) is 0 Å². The second-order valence-electron chi connectivity index (χ2n) is 9.68. The summed E-state index contributed by atoms with van der Waals surface area (Å²) in [6.45, 7) is 5.17. The highest BCUT2D eigenvalue weighted by atomic mass is 35.5. The molecular weight excluding hydrogens is 509 g/mol. The van der Waals surface area contributed by atoms with Gasteiger partial charge in [0.05, 0.1) is 39.7 Å². The summed E-state index contributed by atoms with van der Waals surface area (Å²) in [6.07, 6.45) is 2.54. The lowest BCUT2D eigenvalue weighted by Crippen LogP contribution is -2.45. The number of esters is 1. The van der Waals surface area contributed by atoms with Gasteiger partial charge in [-0.2, -0.15) is 5.26 Å². The van der Waals surface area contributed by atoms with E-state index in [0.717, 1.165) is 24.8 Å². The Labute approximate surface area is 226 Å². The van der Waals surface area contributed by atoms with Crippen LogP contribution in [0.3, 0.4) is 0 Å².